The highest BCUT2D eigenvalue weighted by Gasteiger charge is 2.51. The molecule has 11 nitrogen and oxygen atoms in total. The van der Waals surface area contributed by atoms with E-state index in [1.807, 2.05) is 31.5 Å². The summed E-state index contributed by atoms with van der Waals surface area (Å²) in [5.74, 6) is 1.82. The van der Waals surface area contributed by atoms with E-state index in [9.17, 15) is 8.42 Å². The fourth-order valence-corrected chi connectivity index (χ4v) is 8.45. The van der Waals surface area contributed by atoms with Crippen molar-refractivity contribution in [3.63, 3.8) is 0 Å². The summed E-state index contributed by atoms with van der Waals surface area (Å²) in [4.78, 5) is 12.6. The average Bonchev–Trinajstić information content (AvgIpc) is 3.51. The molecular weight excluding hydrogens is 486 g/mol. The van der Waals surface area contributed by atoms with Crippen LogP contribution < -0.4 is 15.5 Å². The van der Waals surface area contributed by atoms with Gasteiger partial charge < -0.3 is 15.5 Å². The Hall–Kier alpha value is -2.79. The minimum Gasteiger partial charge on any atom is -0.341 e. The minimum absolute atomic E-state index is 0.118. The molecule has 0 aromatic carbocycles. The van der Waals surface area contributed by atoms with E-state index < -0.39 is 15.3 Å². The fraction of sp³-hybridized carbons (Fsp3) is 0.545. The molecule has 2 bridgehead atoms. The molecule has 0 radical (unpaired) electrons. The molecule has 3 N–H and O–H groups in total. The molecule has 3 aromatic rings. The Kier molecular flexibility index (Phi) is 5.44. The molecule has 6 rings (SSSR count). The lowest BCUT2D eigenvalue weighted by Gasteiger charge is -2.38. The van der Waals surface area contributed by atoms with E-state index in [-0.39, 0.29) is 24.0 Å². The van der Waals surface area contributed by atoms with Crippen LogP contribution in [0, 0.1) is 24.2 Å². The predicted octanol–water partition coefficient (Wildman–Crippen LogP) is 1.95. The Morgan fingerprint density at radius 2 is 2.11 bits per heavy atom. The van der Waals surface area contributed by atoms with Gasteiger partial charge in [0.1, 0.15) is 10.6 Å². The van der Waals surface area contributed by atoms with Crippen molar-refractivity contribution in [2.24, 2.45) is 5.92 Å². The quantitative estimate of drug-likeness (QED) is 0.450. The van der Waals surface area contributed by atoms with Crippen LogP contribution in [-0.4, -0.2) is 76.4 Å². The zero-order chi connectivity index (χ0) is 24.3. The molecule has 3 aromatic heterocycles. The van der Waals surface area contributed by atoms with Gasteiger partial charge in [-0.15, -0.1) is 11.3 Å². The first-order chi connectivity index (χ1) is 16.8. The van der Waals surface area contributed by atoms with Gasteiger partial charge in [-0.1, -0.05) is 0 Å². The number of anilines is 3. The summed E-state index contributed by atoms with van der Waals surface area (Å²) in [6, 6.07) is 6.20. The SMILES string of the molecule is Cc1cc(Nc2nc(N(C)[C@@H]3C[C@H]4CC(S(=O)(=O)N5CC(C#N)C5)[C@@H](C3)N4)nc3sccc23)n[nH]1. The van der Waals surface area contributed by atoms with Crippen molar-refractivity contribution in [2.75, 3.05) is 30.4 Å². The van der Waals surface area contributed by atoms with Crippen molar-refractivity contribution in [3.05, 3.63) is 23.2 Å². The Balaban J connectivity index is 1.22. The molecule has 0 saturated carbocycles. The van der Waals surface area contributed by atoms with E-state index in [0.29, 0.717) is 43.5 Å². The molecule has 3 aliphatic rings. The van der Waals surface area contributed by atoms with Gasteiger partial charge in [-0.05, 0) is 37.6 Å². The molecule has 0 spiro atoms. The zero-order valence-electron chi connectivity index (χ0n) is 19.5. The second kappa shape index (κ2) is 8.41. The summed E-state index contributed by atoms with van der Waals surface area (Å²) in [6.07, 6.45) is 2.12. The number of sulfonamides is 1. The number of rotatable bonds is 6. The summed E-state index contributed by atoms with van der Waals surface area (Å²) in [5.41, 5.74) is 0.955. The van der Waals surface area contributed by atoms with Gasteiger partial charge in [0.05, 0.1) is 22.6 Å². The van der Waals surface area contributed by atoms with E-state index in [0.717, 1.165) is 22.3 Å². The summed E-state index contributed by atoms with van der Waals surface area (Å²) in [5, 5.41) is 25.6. The first-order valence-corrected chi connectivity index (χ1v) is 14.1. The number of hydrogen-bond donors (Lipinski definition) is 3. The highest BCUT2D eigenvalue weighted by molar-refractivity contribution is 7.89. The molecular formula is C22H27N9O2S2. The van der Waals surface area contributed by atoms with Crippen molar-refractivity contribution in [1.82, 2.24) is 29.8 Å². The molecule has 6 heterocycles. The number of nitrogens with zero attached hydrogens (tertiary/aromatic N) is 6. The molecule has 13 heteroatoms. The number of aromatic amines is 1. The maximum Gasteiger partial charge on any atom is 0.228 e. The number of aromatic nitrogens is 4. The number of thiophene rings is 1. The molecule has 3 saturated heterocycles. The van der Waals surface area contributed by atoms with Gasteiger partial charge in [0.2, 0.25) is 16.0 Å². The van der Waals surface area contributed by atoms with Crippen molar-refractivity contribution >= 4 is 49.2 Å². The summed E-state index contributed by atoms with van der Waals surface area (Å²) in [7, 11) is -1.43. The highest BCUT2D eigenvalue weighted by Crippen LogP contribution is 2.38. The monoisotopic (exact) mass is 513 g/mol. The lowest BCUT2D eigenvalue weighted by atomic mass is 9.99. The topological polar surface area (TPSA) is 143 Å². The minimum atomic E-state index is -3.42. The molecule has 0 amide bonds. The smallest absolute Gasteiger partial charge is 0.228 e. The second-order valence-electron chi connectivity index (χ2n) is 9.74. The molecule has 0 aliphatic carbocycles. The zero-order valence-corrected chi connectivity index (χ0v) is 21.1. The van der Waals surface area contributed by atoms with Gasteiger partial charge in [0.15, 0.2) is 5.82 Å². The Labute approximate surface area is 207 Å². The van der Waals surface area contributed by atoms with Crippen LogP contribution >= 0.6 is 11.3 Å². The number of nitriles is 1. The fourth-order valence-electron chi connectivity index (χ4n) is 5.45. The largest absolute Gasteiger partial charge is 0.341 e. The Bertz CT molecular complexity index is 1410. The lowest BCUT2D eigenvalue weighted by Crippen LogP contribution is -2.55. The van der Waals surface area contributed by atoms with Crippen LogP contribution in [0.4, 0.5) is 17.6 Å². The third kappa shape index (κ3) is 3.94. The molecule has 3 aliphatic heterocycles. The van der Waals surface area contributed by atoms with Crippen LogP contribution in [0.25, 0.3) is 10.2 Å². The van der Waals surface area contributed by atoms with Gasteiger partial charge >= 0.3 is 0 Å². The third-order valence-corrected chi connectivity index (χ3v) is 10.5. The third-order valence-electron chi connectivity index (χ3n) is 7.40. The maximum absolute atomic E-state index is 13.2. The molecule has 184 valence electrons. The number of hydrogen-bond acceptors (Lipinski definition) is 10. The number of aryl methyl sites for hydroxylation is 1. The van der Waals surface area contributed by atoms with Crippen LogP contribution in [0.2, 0.25) is 0 Å². The molecule has 35 heavy (non-hydrogen) atoms. The van der Waals surface area contributed by atoms with Gasteiger partial charge in [0, 0.05) is 50.0 Å². The first-order valence-electron chi connectivity index (χ1n) is 11.7. The van der Waals surface area contributed by atoms with E-state index in [2.05, 4.69) is 31.8 Å². The standard InChI is InChI=1S/C22H27N9O2S2/c1-12-5-19(29-28-12)25-20-16-3-4-34-21(16)27-22(26-20)30(2)15-6-14-7-18(17(8-15)24-14)35(32,33)31-10-13(9-23)11-31/h3-5,13-15,17-18,24H,6-8,10-11H2,1-2H3,(H2,25,26,27,28,29)/t14-,15+,17+,18?/m0/s1. The number of H-pyrrole nitrogens is 1. The summed E-state index contributed by atoms with van der Waals surface area (Å²) in [6.45, 7) is 2.58. The Morgan fingerprint density at radius 1 is 1.29 bits per heavy atom. The van der Waals surface area contributed by atoms with Crippen LogP contribution in [0.5, 0.6) is 0 Å². The lowest BCUT2D eigenvalue weighted by molar-refractivity contribution is 0.244. The summed E-state index contributed by atoms with van der Waals surface area (Å²) >= 11 is 1.56. The van der Waals surface area contributed by atoms with Crippen molar-refractivity contribution < 1.29 is 8.42 Å². The Morgan fingerprint density at radius 3 is 2.86 bits per heavy atom. The van der Waals surface area contributed by atoms with E-state index in [4.69, 9.17) is 15.2 Å². The second-order valence-corrected chi connectivity index (χ2v) is 12.8. The van der Waals surface area contributed by atoms with E-state index in [1.165, 1.54) is 4.31 Å². The normalized spacial score (nSPS) is 27.0. The van der Waals surface area contributed by atoms with Crippen LogP contribution in [-0.2, 0) is 10.0 Å². The van der Waals surface area contributed by atoms with Gasteiger partial charge in [-0.3, -0.25) is 5.10 Å². The number of piperidine rings is 1. The predicted molar refractivity (Wildman–Crippen MR) is 134 cm³/mol. The van der Waals surface area contributed by atoms with Crippen LogP contribution in [0.3, 0.4) is 0 Å². The van der Waals surface area contributed by atoms with Gasteiger partial charge in [-0.25, -0.2) is 13.4 Å². The van der Waals surface area contributed by atoms with E-state index >= 15 is 0 Å². The van der Waals surface area contributed by atoms with Crippen molar-refractivity contribution in [2.45, 2.75) is 49.6 Å². The first kappa shape index (κ1) is 22.7. The maximum atomic E-state index is 13.2. The van der Waals surface area contributed by atoms with Gasteiger partial charge in [0.25, 0.3) is 0 Å². The van der Waals surface area contributed by atoms with E-state index in [1.54, 1.807) is 11.3 Å². The molecule has 1 unspecified atom stereocenters. The average molecular weight is 514 g/mol. The van der Waals surface area contributed by atoms with Crippen molar-refractivity contribution in [3.8, 4) is 6.07 Å². The van der Waals surface area contributed by atoms with Crippen LogP contribution in [0.1, 0.15) is 25.0 Å². The molecule has 3 fully saturated rings. The van der Waals surface area contributed by atoms with Gasteiger partial charge in [-0.2, -0.15) is 19.6 Å². The number of nitrogens with one attached hydrogen (secondary N) is 3. The number of fused-ring (bicyclic) bond motifs is 3. The van der Waals surface area contributed by atoms with Crippen molar-refractivity contribution in [1.29, 1.82) is 5.26 Å². The molecule has 4 atom stereocenters. The van der Waals surface area contributed by atoms with Crippen LogP contribution in [0.15, 0.2) is 17.5 Å². The summed E-state index contributed by atoms with van der Waals surface area (Å²) < 4.78 is 27.9. The highest BCUT2D eigenvalue weighted by atomic mass is 32.2.